The van der Waals surface area contributed by atoms with Gasteiger partial charge in [0.2, 0.25) is 88.6 Å². The molecule has 0 bridgehead atoms. The average molecular weight is 1370 g/mol. The van der Waals surface area contributed by atoms with Crippen molar-refractivity contribution in [1.29, 1.82) is 0 Å². The number of aliphatic hydroxyl groups excluding tert-OH is 2. The average Bonchev–Trinajstić information content (AvgIpc) is 1.34. The van der Waals surface area contributed by atoms with Crippen molar-refractivity contribution in [3.05, 3.63) is 0 Å². The van der Waals surface area contributed by atoms with Gasteiger partial charge in [-0.1, -0.05) is 13.8 Å². The van der Waals surface area contributed by atoms with Crippen molar-refractivity contribution in [3.63, 3.8) is 0 Å². The smallest absolute Gasteiger partial charge is 0.305 e. The summed E-state index contributed by atoms with van der Waals surface area (Å²) >= 11 is 9.27. The molecule has 12 atom stereocenters. The number of primary amides is 2. The minimum Gasteiger partial charge on any atom is -0.481 e. The van der Waals surface area contributed by atoms with E-state index in [9.17, 15) is 102 Å². The third-order valence-electron chi connectivity index (χ3n) is 12.7. The number of carbonyl (C=O) groups is 17. The molecule has 0 fully saturated rings. The first-order chi connectivity index (χ1) is 43.0. The van der Waals surface area contributed by atoms with Gasteiger partial charge in [-0.25, -0.2) is 0 Å². The number of hydrogen-bond donors (Lipinski definition) is 22. The third kappa shape index (κ3) is 33.8. The van der Waals surface area contributed by atoms with Gasteiger partial charge in [-0.3, -0.25) is 81.5 Å². The molecular formula is C52H88N16O21S3. The van der Waals surface area contributed by atoms with Crippen molar-refractivity contribution >= 4 is 138 Å². The van der Waals surface area contributed by atoms with Crippen molar-refractivity contribution in [2.45, 2.75) is 165 Å². The van der Waals surface area contributed by atoms with E-state index in [1.54, 1.807) is 20.1 Å². The minimum absolute atomic E-state index is 0.110. The number of aliphatic carboxylic acids is 2. The maximum atomic E-state index is 13.7. The van der Waals surface area contributed by atoms with Crippen molar-refractivity contribution in [1.82, 2.24) is 69.1 Å². The van der Waals surface area contributed by atoms with Crippen LogP contribution in [0.2, 0.25) is 0 Å². The van der Waals surface area contributed by atoms with Crippen LogP contribution in [0.25, 0.3) is 0 Å². The van der Waals surface area contributed by atoms with E-state index in [1.165, 1.54) is 11.8 Å². The fraction of sp³-hybridized carbons (Fsp3) is 0.673. The topological polar surface area (TPSA) is 606 Å². The lowest BCUT2D eigenvalue weighted by Crippen LogP contribution is -2.62. The normalized spacial score (nSPS) is 14.8. The number of carbonyl (C=O) groups excluding carboxylic acids is 15. The van der Waals surface area contributed by atoms with Crippen LogP contribution in [0.3, 0.4) is 0 Å². The lowest BCUT2D eigenvalue weighted by Gasteiger charge is -2.28. The standard InChI is InChI=1S/C52H88N16O21S3/c1-23(2)15-30(42(55)79)64-45(82)28(10-11-39(75)76)63-51(88)35(22-91)61-38(74)19-57-44(81)32(17-40(77)78)66-46(83)29(12-14-92-6)60-37(73)18-56-43(80)24(3)58-49(86)33(20-69)67-52(89)41(25(4)70)68-47(84)27(9-7-8-13-53)62-48(85)31(16-36(54)72)65-50(87)34(21-90)59-26(5)71/h23-25,27-35,41,69-70,90-91H,7-22,53H2,1-6H3,(H2,54,72)(H2,55,79)(H,56,80)(H,57,81)(H,58,86)(H,59,71)(H,60,73)(H,61,74)(H,62,85)(H,63,88)(H,64,82)(H,65,87)(H,66,83)(H,67,89)(H,68,84)(H,75,76)(H,77,78)/t24-,25+,27-,28-,29-,30-,31-,32-,33-,34-,35-,41-/m0/s1. The predicted molar refractivity (Wildman–Crippen MR) is 333 cm³/mol. The largest absolute Gasteiger partial charge is 0.481 e. The number of aliphatic hydroxyl groups is 2. The maximum absolute atomic E-state index is 13.7. The first-order valence-corrected chi connectivity index (χ1v) is 31.3. The summed E-state index contributed by atoms with van der Waals surface area (Å²) in [5.41, 5.74) is 16.3. The Balaban J connectivity index is 5.98. The Morgan fingerprint density at radius 2 is 0.913 bits per heavy atom. The summed E-state index contributed by atoms with van der Waals surface area (Å²) in [6, 6.07) is -17.3. The van der Waals surface area contributed by atoms with Crippen LogP contribution in [0.15, 0.2) is 0 Å². The Morgan fingerprint density at radius 3 is 1.37 bits per heavy atom. The Hall–Kier alpha value is -8.08. The zero-order valence-corrected chi connectivity index (χ0v) is 54.2. The van der Waals surface area contributed by atoms with E-state index in [1.807, 2.05) is 0 Å². The van der Waals surface area contributed by atoms with Crippen LogP contribution >= 0.6 is 37.0 Å². The summed E-state index contributed by atoms with van der Waals surface area (Å²) in [5, 5.41) is 68.8. The van der Waals surface area contributed by atoms with Crippen LogP contribution in [0.1, 0.15) is 92.4 Å². The highest BCUT2D eigenvalue weighted by atomic mass is 32.2. The van der Waals surface area contributed by atoms with Crippen LogP contribution in [0.4, 0.5) is 0 Å². The molecule has 40 heteroatoms. The van der Waals surface area contributed by atoms with Crippen LogP contribution in [0, 0.1) is 5.92 Å². The molecule has 520 valence electrons. The van der Waals surface area contributed by atoms with E-state index in [2.05, 4.69) is 94.4 Å². The van der Waals surface area contributed by atoms with Crippen LogP contribution in [-0.2, 0) is 81.5 Å². The zero-order chi connectivity index (χ0) is 70.5. The molecule has 0 aromatic rings. The van der Waals surface area contributed by atoms with Crippen LogP contribution < -0.4 is 86.3 Å². The Morgan fingerprint density at radius 1 is 0.478 bits per heavy atom. The molecule has 23 N–H and O–H groups in total. The number of rotatable bonds is 46. The van der Waals surface area contributed by atoms with Gasteiger partial charge in [-0.15, -0.1) is 0 Å². The number of hydrogen-bond acceptors (Lipinski definition) is 23. The molecular weight excluding hydrogens is 1280 g/mol. The third-order valence-corrected chi connectivity index (χ3v) is 14.1. The van der Waals surface area contributed by atoms with E-state index < -0.39 is 224 Å². The first-order valence-electron chi connectivity index (χ1n) is 28.6. The number of carboxylic acid groups (broad SMARTS) is 2. The Labute approximate surface area is 544 Å². The number of amides is 15. The second kappa shape index (κ2) is 44.4. The highest BCUT2D eigenvalue weighted by Gasteiger charge is 2.36. The van der Waals surface area contributed by atoms with Gasteiger partial charge >= 0.3 is 11.9 Å². The van der Waals surface area contributed by atoms with Gasteiger partial charge in [-0.05, 0) is 76.8 Å². The SMILES string of the molecule is CSCC[C@H](NC(=O)CNC(=O)[C@H](C)NC(=O)[C@H](CO)NC(=O)[C@@H](NC(=O)[C@H](CCCCN)NC(=O)[C@H](CC(N)=O)NC(=O)[C@H](CS)NC(C)=O)[C@@H](C)O)C(=O)N[C@@H](CC(=O)O)C(=O)NCC(=O)N[C@@H](CS)C(=O)N[C@@H](CCC(=O)O)C(=O)N[C@@H](CC(C)C)C(N)=O. The summed E-state index contributed by atoms with van der Waals surface area (Å²) in [6.07, 6.45) is -2.56. The van der Waals surface area contributed by atoms with Gasteiger partial charge in [0.1, 0.15) is 66.5 Å². The number of nitrogens with two attached hydrogens (primary N) is 3. The van der Waals surface area contributed by atoms with Crippen molar-refractivity contribution in [3.8, 4) is 0 Å². The number of thiol groups is 2. The van der Waals surface area contributed by atoms with Gasteiger partial charge in [0.15, 0.2) is 0 Å². The lowest BCUT2D eigenvalue weighted by atomic mass is 10.0. The number of thioether (sulfide) groups is 1. The molecule has 0 aliphatic rings. The molecule has 0 aliphatic carbocycles. The molecule has 0 aromatic heterocycles. The number of carboxylic acids is 2. The first kappa shape index (κ1) is 83.9. The van der Waals surface area contributed by atoms with E-state index in [0.717, 1.165) is 20.8 Å². The Bertz CT molecular complexity index is 2610. The highest BCUT2D eigenvalue weighted by molar-refractivity contribution is 7.98. The molecule has 92 heavy (non-hydrogen) atoms. The molecule has 0 unspecified atom stereocenters. The predicted octanol–water partition coefficient (Wildman–Crippen LogP) is -9.55. The summed E-state index contributed by atoms with van der Waals surface area (Å²) in [7, 11) is 0. The second-order valence-corrected chi connectivity index (χ2v) is 22.8. The van der Waals surface area contributed by atoms with Crippen molar-refractivity contribution in [2.24, 2.45) is 23.1 Å². The van der Waals surface area contributed by atoms with Crippen molar-refractivity contribution in [2.75, 3.05) is 49.8 Å². The van der Waals surface area contributed by atoms with Gasteiger partial charge in [0.05, 0.1) is 38.6 Å². The van der Waals surface area contributed by atoms with Crippen LogP contribution in [-0.4, -0.2) is 243 Å². The van der Waals surface area contributed by atoms with Gasteiger partial charge < -0.3 is 107 Å². The molecule has 0 aliphatic heterocycles. The lowest BCUT2D eigenvalue weighted by molar-refractivity contribution is -0.141. The Kier molecular flexibility index (Phi) is 40.5. The summed E-state index contributed by atoms with van der Waals surface area (Å²) in [5.74, 6) is -19.0. The number of nitrogens with one attached hydrogen (secondary N) is 13. The summed E-state index contributed by atoms with van der Waals surface area (Å²) < 4.78 is 0. The fourth-order valence-corrected chi connectivity index (χ4v) is 8.89. The summed E-state index contributed by atoms with van der Waals surface area (Å²) in [6.45, 7) is 4.06. The van der Waals surface area contributed by atoms with E-state index in [0.29, 0.717) is 6.42 Å². The maximum Gasteiger partial charge on any atom is 0.305 e. The fourth-order valence-electron chi connectivity index (χ4n) is 7.91. The van der Waals surface area contributed by atoms with Gasteiger partial charge in [-0.2, -0.15) is 37.0 Å². The molecule has 0 saturated carbocycles. The number of unbranched alkanes of at least 4 members (excludes halogenated alkanes) is 1. The molecule has 0 saturated heterocycles. The highest BCUT2D eigenvalue weighted by Crippen LogP contribution is 2.10. The van der Waals surface area contributed by atoms with Crippen LogP contribution in [0.5, 0.6) is 0 Å². The van der Waals surface area contributed by atoms with Gasteiger partial charge in [0.25, 0.3) is 0 Å². The minimum atomic E-state index is -1.89. The molecule has 0 spiro atoms. The van der Waals surface area contributed by atoms with E-state index in [-0.39, 0.29) is 49.7 Å². The monoisotopic (exact) mass is 1370 g/mol. The molecule has 0 aromatic carbocycles. The molecule has 0 rings (SSSR count). The van der Waals surface area contributed by atoms with E-state index in [4.69, 9.17) is 17.2 Å². The van der Waals surface area contributed by atoms with Gasteiger partial charge in [0, 0.05) is 24.9 Å². The molecule has 0 heterocycles. The van der Waals surface area contributed by atoms with Crippen molar-refractivity contribution < 1.29 is 102 Å². The quantitative estimate of drug-likeness (QED) is 0.0199. The molecule has 0 radical (unpaired) electrons. The second-order valence-electron chi connectivity index (χ2n) is 21.1. The molecule has 37 nitrogen and oxygen atoms in total. The van der Waals surface area contributed by atoms with E-state index >= 15 is 0 Å². The zero-order valence-electron chi connectivity index (χ0n) is 51.6. The molecule has 15 amide bonds. The summed E-state index contributed by atoms with van der Waals surface area (Å²) in [4.78, 5) is 218.